The van der Waals surface area contributed by atoms with Crippen molar-refractivity contribution in [3.63, 3.8) is 0 Å². The lowest BCUT2D eigenvalue weighted by Gasteiger charge is -2.29. The lowest BCUT2D eigenvalue weighted by Crippen LogP contribution is -2.39. The van der Waals surface area contributed by atoms with Gasteiger partial charge in [0.15, 0.2) is 0 Å². The maximum atomic E-state index is 13.2. The molecular weight excluding hydrogens is 417 g/mol. The molecule has 0 aliphatic carbocycles. The van der Waals surface area contributed by atoms with Crippen molar-refractivity contribution >= 4 is 27.5 Å². The van der Waals surface area contributed by atoms with E-state index in [1.165, 1.54) is 16.4 Å². The summed E-state index contributed by atoms with van der Waals surface area (Å²) in [5.41, 5.74) is 7.56. The van der Waals surface area contributed by atoms with Gasteiger partial charge in [-0.25, -0.2) is 12.8 Å². The molecule has 0 bridgehead atoms. The van der Waals surface area contributed by atoms with Gasteiger partial charge in [-0.1, -0.05) is 41.9 Å². The predicted molar refractivity (Wildman–Crippen MR) is 107 cm³/mol. The molecule has 6 nitrogen and oxygen atoms in total. The van der Waals surface area contributed by atoms with Crippen LogP contribution in [-0.4, -0.2) is 29.7 Å². The first kappa shape index (κ1) is 19.6. The monoisotopic (exact) mass is 433 g/mol. The number of primary amides is 1. The van der Waals surface area contributed by atoms with Crippen LogP contribution < -0.4 is 5.73 Å². The topological polar surface area (TPSA) is 85.4 Å². The van der Waals surface area contributed by atoms with Gasteiger partial charge in [-0.2, -0.15) is 4.31 Å². The second-order valence-corrected chi connectivity index (χ2v) is 8.97. The first-order chi connectivity index (χ1) is 13.8. The number of fused-ring (bicyclic) bond motifs is 1. The molecule has 0 atom stereocenters. The fourth-order valence-electron chi connectivity index (χ4n) is 3.59. The van der Waals surface area contributed by atoms with Crippen LogP contribution in [0.15, 0.2) is 59.5 Å². The van der Waals surface area contributed by atoms with Gasteiger partial charge in [0.2, 0.25) is 10.0 Å². The van der Waals surface area contributed by atoms with Gasteiger partial charge in [-0.15, -0.1) is 0 Å². The van der Waals surface area contributed by atoms with Crippen molar-refractivity contribution in [2.45, 2.75) is 18.0 Å². The molecule has 0 saturated heterocycles. The second-order valence-electron chi connectivity index (χ2n) is 6.66. The molecule has 2 N–H and O–H groups in total. The number of sulfonamides is 1. The maximum Gasteiger partial charge on any atom is 0.252 e. The quantitative estimate of drug-likeness (QED) is 0.685. The van der Waals surface area contributed by atoms with E-state index < -0.39 is 21.7 Å². The Hall–Kier alpha value is -2.68. The molecule has 2 aromatic carbocycles. The molecular formula is C20H17ClFN3O3S. The van der Waals surface area contributed by atoms with Crippen LogP contribution in [0.3, 0.4) is 0 Å². The highest BCUT2D eigenvalue weighted by atomic mass is 35.5. The first-order valence-corrected chi connectivity index (χ1v) is 10.6. The van der Waals surface area contributed by atoms with Crippen LogP contribution in [0.2, 0.25) is 5.02 Å². The van der Waals surface area contributed by atoms with Gasteiger partial charge in [0.25, 0.3) is 5.91 Å². The lowest BCUT2D eigenvalue weighted by atomic mass is 10.1. The number of hydrogen-bond acceptors (Lipinski definition) is 3. The molecule has 0 unspecified atom stereocenters. The van der Waals surface area contributed by atoms with Crippen LogP contribution in [0, 0.1) is 5.82 Å². The van der Waals surface area contributed by atoms with E-state index in [4.69, 9.17) is 17.3 Å². The zero-order valence-electron chi connectivity index (χ0n) is 15.2. The summed E-state index contributed by atoms with van der Waals surface area (Å²) in [6.45, 7) is 0.410. The van der Waals surface area contributed by atoms with Crippen molar-refractivity contribution in [3.05, 3.63) is 76.7 Å². The van der Waals surface area contributed by atoms with E-state index >= 15 is 0 Å². The Morgan fingerprint density at radius 1 is 1.03 bits per heavy atom. The largest absolute Gasteiger partial charge is 0.365 e. The normalized spacial score (nSPS) is 14.6. The summed E-state index contributed by atoms with van der Waals surface area (Å²) in [6, 6.07) is 13.9. The van der Waals surface area contributed by atoms with Crippen LogP contribution >= 0.6 is 11.6 Å². The van der Waals surface area contributed by atoms with Crippen molar-refractivity contribution in [2.75, 3.05) is 6.54 Å². The van der Waals surface area contributed by atoms with E-state index in [-0.39, 0.29) is 28.6 Å². The van der Waals surface area contributed by atoms with E-state index in [0.717, 1.165) is 17.7 Å². The van der Waals surface area contributed by atoms with Crippen molar-refractivity contribution in [1.29, 1.82) is 0 Å². The third kappa shape index (κ3) is 3.33. The van der Waals surface area contributed by atoms with E-state index in [1.54, 1.807) is 0 Å². The minimum atomic E-state index is -3.87. The molecule has 2 heterocycles. The number of rotatable bonds is 4. The number of nitrogens with two attached hydrogens (primary N) is 1. The third-order valence-electron chi connectivity index (χ3n) is 4.96. The van der Waals surface area contributed by atoms with Crippen LogP contribution in [0.4, 0.5) is 4.39 Å². The van der Waals surface area contributed by atoms with Crippen molar-refractivity contribution < 1.29 is 17.6 Å². The molecule has 0 radical (unpaired) electrons. The summed E-state index contributed by atoms with van der Waals surface area (Å²) < 4.78 is 42.3. The number of carbonyl (C=O) groups excluding carboxylic acids is 1. The zero-order valence-corrected chi connectivity index (χ0v) is 16.8. The number of hydrogen-bond donors (Lipinski definition) is 1. The van der Waals surface area contributed by atoms with Crippen molar-refractivity contribution in [1.82, 2.24) is 8.87 Å². The van der Waals surface area contributed by atoms with Gasteiger partial charge in [0.05, 0.1) is 27.7 Å². The standard InChI is InChI=1S/C20H17ClFN3O3S/c21-18-17(20(23)26)16-12-24(29(27,28)15-8-6-14(22)7-9-15)10-11-25(16)19(18)13-4-2-1-3-5-13/h1-9H,10-12H2,(H2,23,26). The number of halogens is 2. The predicted octanol–water partition coefficient (Wildman–Crippen LogP) is 3.25. The van der Waals surface area contributed by atoms with Gasteiger partial charge in [0, 0.05) is 18.8 Å². The Kier molecular flexibility index (Phi) is 4.94. The molecule has 150 valence electrons. The second kappa shape index (κ2) is 7.29. The number of benzene rings is 2. The Balaban J connectivity index is 1.80. The highest BCUT2D eigenvalue weighted by Gasteiger charge is 2.34. The molecule has 3 aromatic rings. The van der Waals surface area contributed by atoms with Crippen LogP contribution in [-0.2, 0) is 23.1 Å². The van der Waals surface area contributed by atoms with Crippen molar-refractivity contribution in [2.24, 2.45) is 5.73 Å². The Bertz CT molecular complexity index is 1190. The Labute approximate surface area is 172 Å². The average Bonchev–Trinajstić information content (AvgIpc) is 3.00. The van der Waals surface area contributed by atoms with Crippen LogP contribution in [0.25, 0.3) is 11.3 Å². The number of carbonyl (C=O) groups is 1. The summed E-state index contributed by atoms with van der Waals surface area (Å²) in [6.07, 6.45) is 0. The molecule has 0 saturated carbocycles. The maximum absolute atomic E-state index is 13.2. The Morgan fingerprint density at radius 2 is 1.69 bits per heavy atom. The van der Waals surface area contributed by atoms with Crippen molar-refractivity contribution in [3.8, 4) is 11.3 Å². The highest BCUT2D eigenvalue weighted by Crippen LogP contribution is 2.38. The molecule has 29 heavy (non-hydrogen) atoms. The Morgan fingerprint density at radius 3 is 2.31 bits per heavy atom. The van der Waals surface area contributed by atoms with E-state index in [0.29, 0.717) is 17.9 Å². The molecule has 1 aromatic heterocycles. The molecule has 1 aliphatic rings. The number of aromatic nitrogens is 1. The van der Waals surface area contributed by atoms with Gasteiger partial charge >= 0.3 is 0 Å². The van der Waals surface area contributed by atoms with E-state index in [1.807, 2.05) is 34.9 Å². The number of amides is 1. The summed E-state index contributed by atoms with van der Waals surface area (Å²) in [4.78, 5) is 12.1. The van der Waals surface area contributed by atoms with Crippen LogP contribution in [0.1, 0.15) is 16.1 Å². The van der Waals surface area contributed by atoms with E-state index in [9.17, 15) is 17.6 Å². The third-order valence-corrected chi connectivity index (χ3v) is 7.18. The first-order valence-electron chi connectivity index (χ1n) is 8.82. The average molecular weight is 434 g/mol. The SMILES string of the molecule is NC(=O)c1c(Cl)c(-c2ccccc2)n2c1CN(S(=O)(=O)c1ccc(F)cc1)CC2. The molecule has 1 amide bonds. The minimum Gasteiger partial charge on any atom is -0.365 e. The molecule has 0 spiro atoms. The molecule has 1 aliphatic heterocycles. The smallest absolute Gasteiger partial charge is 0.252 e. The number of nitrogens with zero attached hydrogens (tertiary/aromatic N) is 2. The molecule has 4 rings (SSSR count). The zero-order chi connectivity index (χ0) is 20.8. The van der Waals surface area contributed by atoms with Gasteiger partial charge in [-0.05, 0) is 29.8 Å². The summed E-state index contributed by atoms with van der Waals surface area (Å²) in [5.74, 6) is -1.24. The fourth-order valence-corrected chi connectivity index (χ4v) is 5.40. The van der Waals surface area contributed by atoms with Crippen LogP contribution in [0.5, 0.6) is 0 Å². The minimum absolute atomic E-state index is 0.0195. The van der Waals surface area contributed by atoms with Gasteiger partial charge in [-0.3, -0.25) is 4.79 Å². The summed E-state index contributed by atoms with van der Waals surface area (Å²) >= 11 is 6.51. The van der Waals surface area contributed by atoms with Gasteiger partial charge < -0.3 is 10.3 Å². The fraction of sp³-hybridized carbons (Fsp3) is 0.150. The summed E-state index contributed by atoms with van der Waals surface area (Å²) in [7, 11) is -3.87. The van der Waals surface area contributed by atoms with Gasteiger partial charge in [0.1, 0.15) is 5.82 Å². The molecule has 9 heteroatoms. The molecule has 0 fully saturated rings. The summed E-state index contributed by atoms with van der Waals surface area (Å²) in [5, 5.41) is 0.208. The highest BCUT2D eigenvalue weighted by molar-refractivity contribution is 7.89. The van der Waals surface area contributed by atoms with E-state index in [2.05, 4.69) is 0 Å². The lowest BCUT2D eigenvalue weighted by molar-refractivity contribution is 0.0998.